The Labute approximate surface area is 178 Å². The molecular formula is C20H28F3N3O5. The summed E-state index contributed by atoms with van der Waals surface area (Å²) < 4.78 is 42.4. The Bertz CT molecular complexity index is 795. The standard InChI is InChI=1S/C18H27N3O3.C2HF3O2/c1-13-7-16(24-19-13)17(22)21-6-5-18(12-21)11-20(8-14-3-4-14)9-15(18)10-23-2;3-2(4,5)1(6)7/h7,14-15H,3-6,8-12H2,1-2H3;(H,6,7)/t15-,18+;/m0./s1. The van der Waals surface area contributed by atoms with Gasteiger partial charge in [-0.25, -0.2) is 4.79 Å². The Hall–Kier alpha value is -2.14. The Balaban J connectivity index is 0.000000339. The number of aryl methyl sites for hydroxylation is 1. The lowest BCUT2D eigenvalue weighted by Crippen LogP contribution is -2.38. The van der Waals surface area contributed by atoms with Crippen molar-refractivity contribution in [2.45, 2.75) is 32.4 Å². The number of carboxylic acids is 1. The van der Waals surface area contributed by atoms with E-state index in [1.165, 1.54) is 19.4 Å². The van der Waals surface area contributed by atoms with E-state index in [2.05, 4.69) is 10.1 Å². The summed E-state index contributed by atoms with van der Waals surface area (Å²) in [7, 11) is 1.78. The minimum atomic E-state index is -5.08. The van der Waals surface area contributed by atoms with E-state index < -0.39 is 12.1 Å². The summed E-state index contributed by atoms with van der Waals surface area (Å²) in [6.07, 6.45) is -1.26. The van der Waals surface area contributed by atoms with E-state index in [0.717, 1.165) is 50.8 Å². The van der Waals surface area contributed by atoms with Crippen LogP contribution < -0.4 is 0 Å². The van der Waals surface area contributed by atoms with E-state index in [-0.39, 0.29) is 11.3 Å². The number of hydrogen-bond acceptors (Lipinski definition) is 6. The molecule has 1 amide bonds. The van der Waals surface area contributed by atoms with Crippen LogP contribution in [0.3, 0.4) is 0 Å². The minimum absolute atomic E-state index is 0.0238. The second kappa shape index (κ2) is 9.15. The molecule has 2 aliphatic heterocycles. The van der Waals surface area contributed by atoms with Crippen molar-refractivity contribution in [2.24, 2.45) is 17.3 Å². The van der Waals surface area contributed by atoms with Crippen LogP contribution >= 0.6 is 0 Å². The van der Waals surface area contributed by atoms with Gasteiger partial charge in [0.25, 0.3) is 5.91 Å². The quantitative estimate of drug-likeness (QED) is 0.741. The monoisotopic (exact) mass is 447 g/mol. The number of halogens is 3. The smallest absolute Gasteiger partial charge is 0.475 e. The number of nitrogens with zero attached hydrogens (tertiary/aromatic N) is 3. The number of hydrogen-bond donors (Lipinski definition) is 1. The fraction of sp³-hybridized carbons (Fsp3) is 0.750. The molecule has 3 fully saturated rings. The van der Waals surface area contributed by atoms with Crippen LogP contribution in [0.2, 0.25) is 0 Å². The van der Waals surface area contributed by atoms with Gasteiger partial charge in [0.2, 0.25) is 5.76 Å². The Morgan fingerprint density at radius 3 is 2.55 bits per heavy atom. The van der Waals surface area contributed by atoms with Crippen LogP contribution in [0.5, 0.6) is 0 Å². The van der Waals surface area contributed by atoms with Crippen molar-refractivity contribution in [2.75, 3.05) is 46.4 Å². The molecule has 3 aliphatic rings. The van der Waals surface area contributed by atoms with Crippen LogP contribution in [0, 0.1) is 24.2 Å². The molecular weight excluding hydrogens is 419 g/mol. The summed E-state index contributed by atoms with van der Waals surface area (Å²) >= 11 is 0. The van der Waals surface area contributed by atoms with Crippen molar-refractivity contribution in [1.82, 2.24) is 15.0 Å². The average molecular weight is 447 g/mol. The van der Waals surface area contributed by atoms with Gasteiger partial charge in [0.15, 0.2) is 0 Å². The summed E-state index contributed by atoms with van der Waals surface area (Å²) in [6, 6.07) is 1.73. The van der Waals surface area contributed by atoms with Crippen molar-refractivity contribution in [3.05, 3.63) is 17.5 Å². The lowest BCUT2D eigenvalue weighted by Gasteiger charge is -2.30. The van der Waals surface area contributed by atoms with E-state index in [4.69, 9.17) is 19.2 Å². The van der Waals surface area contributed by atoms with E-state index in [1.54, 1.807) is 13.2 Å². The maximum absolute atomic E-state index is 12.7. The first-order valence-corrected chi connectivity index (χ1v) is 10.3. The molecule has 2 atom stereocenters. The molecule has 1 spiro atoms. The predicted octanol–water partition coefficient (Wildman–Crippen LogP) is 2.44. The van der Waals surface area contributed by atoms with Gasteiger partial charge in [0.1, 0.15) is 0 Å². The number of likely N-dealkylation sites (tertiary alicyclic amines) is 2. The topological polar surface area (TPSA) is 96.1 Å². The highest BCUT2D eigenvalue weighted by Gasteiger charge is 2.52. The minimum Gasteiger partial charge on any atom is -0.475 e. The number of rotatable bonds is 5. The number of ether oxygens (including phenoxy) is 1. The third kappa shape index (κ3) is 5.76. The van der Waals surface area contributed by atoms with Crippen molar-refractivity contribution in [3.8, 4) is 0 Å². The molecule has 11 heteroatoms. The third-order valence-corrected chi connectivity index (χ3v) is 6.22. The van der Waals surface area contributed by atoms with Gasteiger partial charge in [-0.1, -0.05) is 5.16 Å². The second-order valence-electron chi connectivity index (χ2n) is 8.76. The number of aromatic nitrogens is 1. The van der Waals surface area contributed by atoms with Crippen LogP contribution in [-0.4, -0.2) is 84.6 Å². The third-order valence-electron chi connectivity index (χ3n) is 6.22. The molecule has 31 heavy (non-hydrogen) atoms. The highest BCUT2D eigenvalue weighted by atomic mass is 19.4. The SMILES string of the molecule is COC[C@@H]1CN(CC2CC2)C[C@@]12CCN(C(=O)c1cc(C)no1)C2.O=C(O)C(F)(F)F. The first-order chi connectivity index (χ1) is 14.5. The van der Waals surface area contributed by atoms with Crippen LogP contribution in [0.4, 0.5) is 13.2 Å². The lowest BCUT2D eigenvalue weighted by molar-refractivity contribution is -0.192. The molecule has 0 bridgehead atoms. The zero-order valence-corrected chi connectivity index (χ0v) is 17.7. The molecule has 0 aromatic carbocycles. The predicted molar refractivity (Wildman–Crippen MR) is 102 cm³/mol. The summed E-state index contributed by atoms with van der Waals surface area (Å²) in [5.74, 6) is -1.01. The summed E-state index contributed by atoms with van der Waals surface area (Å²) in [4.78, 5) is 26.1. The lowest BCUT2D eigenvalue weighted by atomic mass is 9.77. The van der Waals surface area contributed by atoms with Crippen molar-refractivity contribution in [3.63, 3.8) is 0 Å². The van der Waals surface area contributed by atoms with Crippen LogP contribution in [0.1, 0.15) is 35.5 Å². The van der Waals surface area contributed by atoms with E-state index in [1.807, 2.05) is 11.8 Å². The van der Waals surface area contributed by atoms with E-state index in [0.29, 0.717) is 11.7 Å². The average Bonchev–Trinajstić information content (AvgIpc) is 3.10. The molecule has 0 radical (unpaired) electrons. The fourth-order valence-electron chi connectivity index (χ4n) is 4.53. The van der Waals surface area contributed by atoms with Gasteiger partial charge in [0.05, 0.1) is 12.3 Å². The fourth-order valence-corrected chi connectivity index (χ4v) is 4.53. The molecule has 174 valence electrons. The number of carbonyl (C=O) groups is 2. The van der Waals surface area contributed by atoms with Gasteiger partial charge in [-0.05, 0) is 32.1 Å². The van der Waals surface area contributed by atoms with Crippen LogP contribution in [-0.2, 0) is 9.53 Å². The Morgan fingerprint density at radius 1 is 1.35 bits per heavy atom. The highest BCUT2D eigenvalue weighted by molar-refractivity contribution is 5.91. The molecule has 1 aromatic heterocycles. The number of carboxylic acid groups (broad SMARTS) is 1. The summed E-state index contributed by atoms with van der Waals surface area (Å²) in [5.41, 5.74) is 0.927. The molecule has 3 heterocycles. The molecule has 0 unspecified atom stereocenters. The summed E-state index contributed by atoms with van der Waals surface area (Å²) in [5, 5.41) is 11.0. The van der Waals surface area contributed by atoms with Crippen LogP contribution in [0.25, 0.3) is 0 Å². The van der Waals surface area contributed by atoms with Gasteiger partial charge in [-0.15, -0.1) is 0 Å². The number of aliphatic carboxylic acids is 1. The largest absolute Gasteiger partial charge is 0.490 e. The molecule has 1 saturated carbocycles. The van der Waals surface area contributed by atoms with Crippen LogP contribution in [0.15, 0.2) is 10.6 Å². The first kappa shape index (κ1) is 23.5. The van der Waals surface area contributed by atoms with E-state index in [9.17, 15) is 18.0 Å². The van der Waals surface area contributed by atoms with Gasteiger partial charge in [-0.3, -0.25) is 4.79 Å². The molecule has 8 nitrogen and oxygen atoms in total. The molecule has 1 N–H and O–H groups in total. The molecule has 4 rings (SSSR count). The normalized spacial score (nSPS) is 26.2. The Kier molecular flexibility index (Phi) is 6.95. The van der Waals surface area contributed by atoms with Crippen molar-refractivity contribution in [1.29, 1.82) is 0 Å². The first-order valence-electron chi connectivity index (χ1n) is 10.3. The highest BCUT2D eigenvalue weighted by Crippen LogP contribution is 2.45. The zero-order valence-electron chi connectivity index (χ0n) is 17.7. The molecule has 1 aromatic rings. The number of methoxy groups -OCH3 is 1. The molecule has 2 saturated heterocycles. The zero-order chi connectivity index (χ0) is 22.8. The number of alkyl halides is 3. The second-order valence-corrected chi connectivity index (χ2v) is 8.76. The maximum atomic E-state index is 12.7. The number of carbonyl (C=O) groups excluding carboxylic acids is 1. The summed E-state index contributed by atoms with van der Waals surface area (Å²) in [6.45, 7) is 7.65. The van der Waals surface area contributed by atoms with Gasteiger partial charge >= 0.3 is 12.1 Å². The van der Waals surface area contributed by atoms with Gasteiger partial charge in [0, 0.05) is 57.2 Å². The van der Waals surface area contributed by atoms with Gasteiger partial charge in [-0.2, -0.15) is 13.2 Å². The number of amides is 1. The van der Waals surface area contributed by atoms with E-state index >= 15 is 0 Å². The van der Waals surface area contributed by atoms with Crippen molar-refractivity contribution < 1.29 is 37.1 Å². The maximum Gasteiger partial charge on any atom is 0.490 e. The van der Waals surface area contributed by atoms with Gasteiger partial charge < -0.3 is 24.2 Å². The molecule has 1 aliphatic carbocycles. The van der Waals surface area contributed by atoms with Crippen molar-refractivity contribution >= 4 is 11.9 Å². The Morgan fingerprint density at radius 2 is 2.03 bits per heavy atom.